The number of amides is 2. The summed E-state index contributed by atoms with van der Waals surface area (Å²) in [7, 11) is 0. The van der Waals surface area contributed by atoms with Crippen LogP contribution in [-0.2, 0) is 11.3 Å². The molecule has 1 aliphatic carbocycles. The Morgan fingerprint density at radius 1 is 1.32 bits per heavy atom. The lowest BCUT2D eigenvalue weighted by molar-refractivity contribution is -0.126. The van der Waals surface area contributed by atoms with Crippen LogP contribution >= 0.6 is 0 Å². The highest BCUT2D eigenvalue weighted by Crippen LogP contribution is 2.56. The minimum Gasteiger partial charge on any atom is -0.350 e. The molecular weight excluding hydrogens is 316 g/mol. The van der Waals surface area contributed by atoms with Gasteiger partial charge < -0.3 is 10.2 Å². The topological polar surface area (TPSA) is 75.2 Å². The highest BCUT2D eigenvalue weighted by Gasteiger charge is 2.68. The Morgan fingerprint density at radius 2 is 2.16 bits per heavy atom. The lowest BCUT2D eigenvalue weighted by Gasteiger charge is -2.27. The van der Waals surface area contributed by atoms with E-state index in [4.69, 9.17) is 0 Å². The molecule has 0 spiro atoms. The number of nitrogens with zero attached hydrogens (tertiary/aromatic N) is 3. The number of aryl methyl sites for hydroxylation is 1. The smallest absolute Gasteiger partial charge is 0.273 e. The molecule has 6 nitrogen and oxygen atoms in total. The van der Waals surface area contributed by atoms with Crippen molar-refractivity contribution in [3.8, 4) is 0 Å². The fraction of sp³-hybridized carbons (Fsp3) is 0.368. The molecule has 2 fully saturated rings. The number of nitrogens with one attached hydrogen (secondary N) is 1. The van der Waals surface area contributed by atoms with Crippen molar-refractivity contribution < 1.29 is 9.59 Å². The molecule has 2 aliphatic rings. The quantitative estimate of drug-likeness (QED) is 0.922. The van der Waals surface area contributed by atoms with Crippen molar-refractivity contribution in [2.75, 3.05) is 6.54 Å². The first-order valence-corrected chi connectivity index (χ1v) is 8.54. The van der Waals surface area contributed by atoms with Gasteiger partial charge in [0.2, 0.25) is 5.91 Å². The Labute approximate surface area is 146 Å². The largest absolute Gasteiger partial charge is 0.350 e. The van der Waals surface area contributed by atoms with Crippen LogP contribution in [0, 0.1) is 12.8 Å². The maximum absolute atomic E-state index is 13.0. The van der Waals surface area contributed by atoms with E-state index < -0.39 is 5.54 Å². The van der Waals surface area contributed by atoms with Gasteiger partial charge in [0, 0.05) is 31.7 Å². The van der Waals surface area contributed by atoms with Gasteiger partial charge in [-0.15, -0.1) is 0 Å². The van der Waals surface area contributed by atoms with Crippen molar-refractivity contribution in [1.82, 2.24) is 20.2 Å². The molecule has 1 aliphatic heterocycles. The van der Waals surface area contributed by atoms with E-state index in [0.29, 0.717) is 18.8 Å². The van der Waals surface area contributed by atoms with E-state index >= 15 is 0 Å². The third kappa shape index (κ3) is 2.58. The summed E-state index contributed by atoms with van der Waals surface area (Å²) in [4.78, 5) is 35.8. The van der Waals surface area contributed by atoms with Crippen molar-refractivity contribution in [3.63, 3.8) is 0 Å². The second kappa shape index (κ2) is 5.95. The fourth-order valence-electron chi connectivity index (χ4n) is 3.83. The first kappa shape index (κ1) is 15.7. The summed E-state index contributed by atoms with van der Waals surface area (Å²) >= 11 is 0. The number of hydrogen-bond acceptors (Lipinski definition) is 4. The number of rotatable bonds is 4. The van der Waals surface area contributed by atoms with Gasteiger partial charge in [0.1, 0.15) is 11.2 Å². The molecule has 2 aromatic rings. The maximum atomic E-state index is 13.0. The Hall–Kier alpha value is -2.76. The van der Waals surface area contributed by atoms with Gasteiger partial charge in [-0.3, -0.25) is 19.6 Å². The predicted octanol–water partition coefficient (Wildman–Crippen LogP) is 1.71. The van der Waals surface area contributed by atoms with Gasteiger partial charge in [-0.05, 0) is 48.9 Å². The molecule has 0 bridgehead atoms. The Balaban J connectivity index is 1.51. The molecular formula is C19H20N4O2. The van der Waals surface area contributed by atoms with Crippen LogP contribution < -0.4 is 5.32 Å². The van der Waals surface area contributed by atoms with E-state index in [9.17, 15) is 9.59 Å². The molecule has 2 atom stereocenters. The average Bonchev–Trinajstić information content (AvgIpc) is 3.26. The summed E-state index contributed by atoms with van der Waals surface area (Å²) in [5.74, 6) is 0.0461. The Morgan fingerprint density at radius 3 is 2.88 bits per heavy atom. The first-order valence-electron chi connectivity index (χ1n) is 8.54. The maximum Gasteiger partial charge on any atom is 0.273 e. The van der Waals surface area contributed by atoms with Crippen LogP contribution in [-0.4, -0.2) is 38.8 Å². The lowest BCUT2D eigenvalue weighted by Crippen LogP contribution is -2.50. The van der Waals surface area contributed by atoms with E-state index in [1.807, 2.05) is 31.2 Å². The van der Waals surface area contributed by atoms with Gasteiger partial charge in [-0.1, -0.05) is 12.1 Å². The molecule has 4 rings (SSSR count). The second-order valence-corrected chi connectivity index (χ2v) is 6.78. The molecule has 128 valence electrons. The molecule has 2 aromatic heterocycles. The number of piperidine rings is 1. The van der Waals surface area contributed by atoms with Crippen molar-refractivity contribution in [1.29, 1.82) is 0 Å². The van der Waals surface area contributed by atoms with E-state index in [-0.39, 0.29) is 17.7 Å². The third-order valence-electron chi connectivity index (χ3n) is 5.28. The number of likely N-dealkylation sites (tertiary alicyclic amines) is 1. The Bertz CT molecular complexity index is 823. The van der Waals surface area contributed by atoms with Crippen LogP contribution in [0.1, 0.15) is 34.5 Å². The highest BCUT2D eigenvalue weighted by molar-refractivity contribution is 6.01. The highest BCUT2D eigenvalue weighted by atomic mass is 16.2. The molecule has 3 heterocycles. The van der Waals surface area contributed by atoms with Gasteiger partial charge in [-0.25, -0.2) is 0 Å². The molecule has 1 saturated carbocycles. The normalized spacial score (nSPS) is 23.9. The van der Waals surface area contributed by atoms with E-state index in [1.165, 1.54) is 0 Å². The van der Waals surface area contributed by atoms with Gasteiger partial charge in [0.25, 0.3) is 5.91 Å². The summed E-state index contributed by atoms with van der Waals surface area (Å²) in [5, 5.41) is 2.98. The molecule has 1 saturated heterocycles. The Kier molecular flexibility index (Phi) is 3.75. The average molecular weight is 336 g/mol. The molecule has 0 radical (unpaired) electrons. The molecule has 2 unspecified atom stereocenters. The van der Waals surface area contributed by atoms with Crippen molar-refractivity contribution in [2.24, 2.45) is 5.92 Å². The molecule has 25 heavy (non-hydrogen) atoms. The summed E-state index contributed by atoms with van der Waals surface area (Å²) in [6.45, 7) is 2.90. The fourth-order valence-corrected chi connectivity index (χ4v) is 3.83. The number of fused-ring (bicyclic) bond motifs is 1. The number of carbonyl (C=O) groups is 2. The number of hydrogen-bond donors (Lipinski definition) is 1. The molecule has 2 amide bonds. The van der Waals surface area contributed by atoms with E-state index in [0.717, 1.165) is 24.0 Å². The zero-order valence-corrected chi connectivity index (χ0v) is 14.1. The van der Waals surface area contributed by atoms with Crippen molar-refractivity contribution >= 4 is 11.8 Å². The zero-order valence-electron chi connectivity index (χ0n) is 14.1. The summed E-state index contributed by atoms with van der Waals surface area (Å²) < 4.78 is 0. The van der Waals surface area contributed by atoms with Crippen LogP contribution in [0.3, 0.4) is 0 Å². The van der Waals surface area contributed by atoms with E-state index in [2.05, 4.69) is 15.3 Å². The van der Waals surface area contributed by atoms with Gasteiger partial charge in [0.15, 0.2) is 0 Å². The second-order valence-electron chi connectivity index (χ2n) is 6.78. The van der Waals surface area contributed by atoms with Crippen LogP contribution in [0.2, 0.25) is 0 Å². The summed E-state index contributed by atoms with van der Waals surface area (Å²) in [6.07, 6.45) is 6.67. The van der Waals surface area contributed by atoms with Crippen LogP contribution in [0.4, 0.5) is 0 Å². The van der Waals surface area contributed by atoms with E-state index in [1.54, 1.807) is 23.5 Å². The van der Waals surface area contributed by atoms with Crippen molar-refractivity contribution in [2.45, 2.75) is 31.8 Å². The standard InChI is InChI=1S/C19H20N4O2/c1-13-4-2-8-21-16(13)17(24)23-9-6-15-10-19(15,23)18(25)22-12-14-5-3-7-20-11-14/h2-5,7-8,11,15H,6,9-10,12H2,1H3,(H,22,25). The third-order valence-corrected chi connectivity index (χ3v) is 5.28. The van der Waals surface area contributed by atoms with Gasteiger partial charge in [0.05, 0.1) is 0 Å². The van der Waals surface area contributed by atoms with Gasteiger partial charge >= 0.3 is 0 Å². The number of aromatic nitrogens is 2. The van der Waals surface area contributed by atoms with Crippen molar-refractivity contribution in [3.05, 3.63) is 59.7 Å². The van der Waals surface area contributed by atoms with Gasteiger partial charge in [-0.2, -0.15) is 0 Å². The number of carbonyl (C=O) groups excluding carboxylic acids is 2. The summed E-state index contributed by atoms with van der Waals surface area (Å²) in [6, 6.07) is 7.45. The molecule has 0 aromatic carbocycles. The zero-order chi connectivity index (χ0) is 17.4. The monoisotopic (exact) mass is 336 g/mol. The number of pyridine rings is 2. The van der Waals surface area contributed by atoms with Crippen LogP contribution in [0.5, 0.6) is 0 Å². The minimum atomic E-state index is -0.691. The predicted molar refractivity (Wildman–Crippen MR) is 91.5 cm³/mol. The lowest BCUT2D eigenvalue weighted by atomic mass is 10.1. The first-order chi connectivity index (χ1) is 12.1. The molecule has 6 heteroatoms. The van der Waals surface area contributed by atoms with Crippen LogP contribution in [0.25, 0.3) is 0 Å². The SMILES string of the molecule is Cc1cccnc1C(=O)N1CCC2CC21C(=O)NCc1cccnc1. The minimum absolute atomic E-state index is 0.0687. The summed E-state index contributed by atoms with van der Waals surface area (Å²) in [5.41, 5.74) is 1.53. The van der Waals surface area contributed by atoms with Crippen LogP contribution in [0.15, 0.2) is 42.9 Å². The molecule has 1 N–H and O–H groups in total.